The van der Waals surface area contributed by atoms with Gasteiger partial charge < -0.3 is 14.7 Å². The summed E-state index contributed by atoms with van der Waals surface area (Å²) >= 11 is 0. The summed E-state index contributed by atoms with van der Waals surface area (Å²) < 4.78 is 6.06. The molecule has 0 saturated carbocycles. The van der Waals surface area contributed by atoms with E-state index in [0.717, 1.165) is 24.3 Å². The van der Waals surface area contributed by atoms with E-state index in [2.05, 4.69) is 4.90 Å². The third kappa shape index (κ3) is 2.83. The molecule has 6 heteroatoms. The van der Waals surface area contributed by atoms with Gasteiger partial charge in [-0.1, -0.05) is 18.2 Å². The fourth-order valence-electron chi connectivity index (χ4n) is 3.49. The number of carbonyl (C=O) groups is 1. The molecule has 2 heterocycles. The molecule has 25 heavy (non-hydrogen) atoms. The van der Waals surface area contributed by atoms with Gasteiger partial charge in [0.1, 0.15) is 17.5 Å². The fraction of sp³-hybridized carbons (Fsp3) is 0.316. The van der Waals surface area contributed by atoms with Gasteiger partial charge in [0.15, 0.2) is 5.75 Å². The van der Waals surface area contributed by atoms with Crippen LogP contribution in [-0.4, -0.2) is 42.7 Å². The number of hydroxylamine groups is 1. The molecule has 0 aliphatic carbocycles. The average Bonchev–Trinajstić information content (AvgIpc) is 2.93. The Hall–Kier alpha value is -2.57. The molecule has 6 nitrogen and oxygen atoms in total. The summed E-state index contributed by atoms with van der Waals surface area (Å²) in [6.07, 6.45) is 0.849. The van der Waals surface area contributed by atoms with E-state index in [1.165, 1.54) is 0 Å². The van der Waals surface area contributed by atoms with E-state index in [-0.39, 0.29) is 17.7 Å². The zero-order valence-corrected chi connectivity index (χ0v) is 14.2. The second kappa shape index (κ2) is 6.06. The summed E-state index contributed by atoms with van der Waals surface area (Å²) in [5, 5.41) is 11.2. The van der Waals surface area contributed by atoms with Gasteiger partial charge in [0.05, 0.1) is 11.6 Å². The first-order chi connectivity index (χ1) is 12.0. The minimum absolute atomic E-state index is 0.00792. The van der Waals surface area contributed by atoms with Crippen LogP contribution in [0.3, 0.4) is 0 Å². The van der Waals surface area contributed by atoms with Crippen LogP contribution in [0.4, 0.5) is 5.69 Å². The van der Waals surface area contributed by atoms with Gasteiger partial charge in [-0.25, -0.2) is 9.86 Å². The highest BCUT2D eigenvalue weighted by molar-refractivity contribution is 5.89. The number of nitrogens with zero attached hydrogens (tertiary/aromatic N) is 2. The summed E-state index contributed by atoms with van der Waals surface area (Å²) in [5.41, 5.74) is 1.92. The normalized spacial score (nSPS) is 21.2. The van der Waals surface area contributed by atoms with E-state index in [0.29, 0.717) is 11.4 Å². The Morgan fingerprint density at radius 2 is 2.04 bits per heavy atom. The average molecular weight is 340 g/mol. The van der Waals surface area contributed by atoms with E-state index < -0.39 is 5.97 Å². The van der Waals surface area contributed by atoms with E-state index in [4.69, 9.17) is 9.57 Å². The topological polar surface area (TPSA) is 62.2 Å². The van der Waals surface area contributed by atoms with Gasteiger partial charge in [0.2, 0.25) is 0 Å². The van der Waals surface area contributed by atoms with Crippen molar-refractivity contribution in [3.8, 4) is 11.5 Å². The minimum Gasteiger partial charge on any atom is -0.478 e. The van der Waals surface area contributed by atoms with Crippen LogP contribution in [0.1, 0.15) is 28.4 Å². The third-order valence-corrected chi connectivity index (χ3v) is 4.54. The first kappa shape index (κ1) is 15.9. The highest BCUT2D eigenvalue weighted by Gasteiger charge is 2.40. The Kier molecular flexibility index (Phi) is 3.86. The standard InChI is InChI=1S/C19H20N2O4/c1-20(2)11-13-10-15-14-5-3-4-6-17(14)24-18-8-7-12(19(22)23)9-16(18)21(15)25-13/h3-9,13,15H,10-11H2,1-2H3,(H,22,23)/t13-,15-/m1/s1. The predicted octanol–water partition coefficient (Wildman–Crippen LogP) is 3.30. The van der Waals surface area contributed by atoms with Crippen molar-refractivity contribution in [2.45, 2.75) is 18.6 Å². The number of anilines is 1. The van der Waals surface area contributed by atoms with Crippen molar-refractivity contribution < 1.29 is 19.5 Å². The molecule has 0 spiro atoms. The lowest BCUT2D eigenvalue weighted by atomic mass is 10.0. The van der Waals surface area contributed by atoms with Gasteiger partial charge in [-0.3, -0.25) is 4.84 Å². The molecule has 0 bridgehead atoms. The highest BCUT2D eigenvalue weighted by Crippen LogP contribution is 2.49. The highest BCUT2D eigenvalue weighted by atomic mass is 16.7. The van der Waals surface area contributed by atoms with Crippen LogP contribution < -0.4 is 9.80 Å². The maximum Gasteiger partial charge on any atom is 0.335 e. The van der Waals surface area contributed by atoms with Gasteiger partial charge in [-0.2, -0.15) is 0 Å². The predicted molar refractivity (Wildman–Crippen MR) is 93.2 cm³/mol. The molecule has 130 valence electrons. The van der Waals surface area contributed by atoms with Gasteiger partial charge in [0.25, 0.3) is 0 Å². The zero-order valence-electron chi connectivity index (χ0n) is 14.2. The number of carboxylic acids is 1. The Balaban J connectivity index is 1.81. The second-order valence-corrected chi connectivity index (χ2v) is 6.69. The molecule has 2 aromatic carbocycles. The lowest BCUT2D eigenvalue weighted by molar-refractivity contribution is 0.0647. The van der Waals surface area contributed by atoms with Crippen molar-refractivity contribution in [2.75, 3.05) is 25.7 Å². The number of hydrogen-bond acceptors (Lipinski definition) is 5. The summed E-state index contributed by atoms with van der Waals surface area (Å²) in [7, 11) is 4.03. The minimum atomic E-state index is -0.967. The van der Waals surface area contributed by atoms with Crippen molar-refractivity contribution >= 4 is 11.7 Å². The number of benzene rings is 2. The van der Waals surface area contributed by atoms with Crippen LogP contribution in [0.5, 0.6) is 11.5 Å². The molecular formula is C19H20N2O4. The number of ether oxygens (including phenoxy) is 1. The molecule has 1 saturated heterocycles. The smallest absolute Gasteiger partial charge is 0.335 e. The van der Waals surface area contributed by atoms with Crippen LogP contribution in [0.15, 0.2) is 42.5 Å². The molecule has 0 aromatic heterocycles. The molecule has 0 radical (unpaired) electrons. The van der Waals surface area contributed by atoms with Crippen LogP contribution >= 0.6 is 0 Å². The molecule has 0 amide bonds. The van der Waals surface area contributed by atoms with Crippen LogP contribution in [0.25, 0.3) is 0 Å². The largest absolute Gasteiger partial charge is 0.478 e. The first-order valence-corrected chi connectivity index (χ1v) is 8.28. The van der Waals surface area contributed by atoms with E-state index in [1.54, 1.807) is 18.2 Å². The lowest BCUT2D eigenvalue weighted by Gasteiger charge is -2.24. The number of carboxylic acid groups (broad SMARTS) is 1. The van der Waals surface area contributed by atoms with Crippen LogP contribution in [-0.2, 0) is 4.84 Å². The van der Waals surface area contributed by atoms with Crippen LogP contribution in [0.2, 0.25) is 0 Å². The summed E-state index contributed by atoms with van der Waals surface area (Å²) in [6.45, 7) is 0.796. The van der Waals surface area contributed by atoms with Gasteiger partial charge >= 0.3 is 5.97 Å². The Morgan fingerprint density at radius 3 is 2.80 bits per heavy atom. The maximum absolute atomic E-state index is 11.4. The Morgan fingerprint density at radius 1 is 1.24 bits per heavy atom. The first-order valence-electron chi connectivity index (χ1n) is 8.28. The fourth-order valence-corrected chi connectivity index (χ4v) is 3.49. The number of fused-ring (bicyclic) bond motifs is 5. The molecular weight excluding hydrogens is 320 g/mol. The molecule has 2 aliphatic rings. The quantitative estimate of drug-likeness (QED) is 0.925. The van der Waals surface area contributed by atoms with Gasteiger partial charge in [-0.15, -0.1) is 0 Å². The molecule has 2 aromatic rings. The summed E-state index contributed by atoms with van der Waals surface area (Å²) in [4.78, 5) is 19.7. The molecule has 4 rings (SSSR count). The SMILES string of the molecule is CN(C)C[C@H]1C[C@@H]2c3ccccc3Oc3ccc(C(=O)O)cc3N2O1. The molecule has 2 atom stereocenters. The number of aromatic carboxylic acids is 1. The Labute approximate surface area is 146 Å². The summed E-state index contributed by atoms with van der Waals surface area (Å²) in [6, 6.07) is 12.8. The van der Waals surface area contributed by atoms with Crippen molar-refractivity contribution in [3.05, 3.63) is 53.6 Å². The van der Waals surface area contributed by atoms with E-state index in [1.807, 2.05) is 43.4 Å². The van der Waals surface area contributed by atoms with Gasteiger partial charge in [0, 0.05) is 18.5 Å². The molecule has 1 N–H and O–H groups in total. The number of hydrogen-bond donors (Lipinski definition) is 1. The molecule has 2 aliphatic heterocycles. The molecule has 0 unspecified atom stereocenters. The third-order valence-electron chi connectivity index (χ3n) is 4.54. The molecule has 1 fully saturated rings. The number of rotatable bonds is 3. The monoisotopic (exact) mass is 340 g/mol. The van der Waals surface area contributed by atoms with Crippen LogP contribution in [0, 0.1) is 0 Å². The van der Waals surface area contributed by atoms with Crippen molar-refractivity contribution in [3.63, 3.8) is 0 Å². The van der Waals surface area contributed by atoms with Crippen molar-refractivity contribution in [2.24, 2.45) is 0 Å². The maximum atomic E-state index is 11.4. The zero-order chi connectivity index (χ0) is 17.6. The van der Waals surface area contributed by atoms with Crippen molar-refractivity contribution in [1.29, 1.82) is 0 Å². The number of likely N-dealkylation sites (N-methyl/N-ethyl adjacent to an activating group) is 1. The Bertz CT molecular complexity index is 821. The lowest BCUT2D eigenvalue weighted by Crippen LogP contribution is -2.27. The summed E-state index contributed by atoms with van der Waals surface area (Å²) in [5.74, 6) is 0.420. The van der Waals surface area contributed by atoms with E-state index >= 15 is 0 Å². The van der Waals surface area contributed by atoms with Gasteiger partial charge in [-0.05, 0) is 38.4 Å². The van der Waals surface area contributed by atoms with Crippen molar-refractivity contribution in [1.82, 2.24) is 4.90 Å². The second-order valence-electron chi connectivity index (χ2n) is 6.69. The number of para-hydroxylation sites is 1. The van der Waals surface area contributed by atoms with E-state index in [9.17, 15) is 9.90 Å².